The lowest BCUT2D eigenvalue weighted by Gasteiger charge is -2.36. The molecule has 0 saturated carbocycles. The van der Waals surface area contributed by atoms with Crippen LogP contribution in [0, 0.1) is 6.92 Å². The van der Waals surface area contributed by atoms with Gasteiger partial charge in [-0.15, -0.1) is 24.0 Å². The van der Waals surface area contributed by atoms with Crippen LogP contribution in [0.4, 0.5) is 5.69 Å². The molecule has 0 radical (unpaired) electrons. The summed E-state index contributed by atoms with van der Waals surface area (Å²) in [5.41, 5.74) is 3.76. The lowest BCUT2D eigenvalue weighted by Crippen LogP contribution is -2.47. The third-order valence-electron chi connectivity index (χ3n) is 4.75. The van der Waals surface area contributed by atoms with Gasteiger partial charge in [-0.2, -0.15) is 0 Å². The molecule has 2 heterocycles. The molecule has 1 amide bonds. The Kier molecular flexibility index (Phi) is 5.76. The van der Waals surface area contributed by atoms with Crippen LogP contribution < -0.4 is 4.90 Å². The highest BCUT2D eigenvalue weighted by Crippen LogP contribution is 2.45. The van der Waals surface area contributed by atoms with Gasteiger partial charge >= 0.3 is 0 Å². The summed E-state index contributed by atoms with van der Waals surface area (Å²) in [6.07, 6.45) is 2.37. The SMILES string of the molecule is Cc1ccc2c(c1)C1CN(C)CCC1N2C(=O)CCCCl.Cl. The Morgan fingerprint density at radius 2 is 2.18 bits per heavy atom. The van der Waals surface area contributed by atoms with Gasteiger partial charge in [0.1, 0.15) is 0 Å². The summed E-state index contributed by atoms with van der Waals surface area (Å²) in [5.74, 6) is 1.24. The number of hydrogen-bond acceptors (Lipinski definition) is 2. The molecule has 2 atom stereocenters. The Morgan fingerprint density at radius 1 is 1.41 bits per heavy atom. The summed E-state index contributed by atoms with van der Waals surface area (Å²) in [7, 11) is 2.17. The molecule has 0 spiro atoms. The van der Waals surface area contributed by atoms with Crippen molar-refractivity contribution in [3.63, 3.8) is 0 Å². The van der Waals surface area contributed by atoms with Crippen molar-refractivity contribution in [1.29, 1.82) is 0 Å². The normalized spacial score (nSPS) is 23.7. The zero-order chi connectivity index (χ0) is 15.0. The number of hydrogen-bond donors (Lipinski definition) is 0. The second-order valence-electron chi connectivity index (χ2n) is 6.34. The quantitative estimate of drug-likeness (QED) is 0.784. The largest absolute Gasteiger partial charge is 0.308 e. The lowest BCUT2D eigenvalue weighted by molar-refractivity contribution is -0.119. The molecule has 2 aliphatic rings. The van der Waals surface area contributed by atoms with Crippen molar-refractivity contribution in [2.24, 2.45) is 0 Å². The Labute approximate surface area is 144 Å². The molecule has 0 N–H and O–H groups in total. The van der Waals surface area contributed by atoms with E-state index in [1.807, 2.05) is 0 Å². The predicted molar refractivity (Wildman–Crippen MR) is 94.5 cm³/mol. The molecule has 1 fully saturated rings. The maximum absolute atomic E-state index is 12.6. The van der Waals surface area contributed by atoms with Crippen molar-refractivity contribution >= 4 is 35.6 Å². The zero-order valence-corrected chi connectivity index (χ0v) is 14.8. The topological polar surface area (TPSA) is 23.6 Å². The highest BCUT2D eigenvalue weighted by Gasteiger charge is 2.43. The summed E-state index contributed by atoms with van der Waals surface area (Å²) < 4.78 is 0. The number of aryl methyl sites for hydroxylation is 1. The predicted octanol–water partition coefficient (Wildman–Crippen LogP) is 3.57. The Balaban J connectivity index is 0.00000176. The van der Waals surface area contributed by atoms with Gasteiger partial charge in [0.25, 0.3) is 0 Å². The molecule has 2 unspecified atom stereocenters. The first-order chi connectivity index (χ1) is 10.1. The fourth-order valence-electron chi connectivity index (χ4n) is 3.74. The molecule has 0 bridgehead atoms. The minimum atomic E-state index is 0. The van der Waals surface area contributed by atoms with E-state index in [2.05, 4.69) is 42.0 Å². The van der Waals surface area contributed by atoms with Crippen molar-refractivity contribution in [2.75, 3.05) is 30.9 Å². The van der Waals surface area contributed by atoms with Gasteiger partial charge in [0.05, 0.1) is 0 Å². The van der Waals surface area contributed by atoms with E-state index < -0.39 is 0 Å². The number of carbonyl (C=O) groups is 1. The maximum atomic E-state index is 12.6. The third kappa shape index (κ3) is 3.12. The number of rotatable bonds is 3. The molecule has 3 nitrogen and oxygen atoms in total. The van der Waals surface area contributed by atoms with E-state index in [0.717, 1.165) is 31.6 Å². The number of piperidine rings is 1. The highest BCUT2D eigenvalue weighted by molar-refractivity contribution is 6.18. The van der Waals surface area contributed by atoms with Gasteiger partial charge < -0.3 is 9.80 Å². The minimum absolute atomic E-state index is 0. The van der Waals surface area contributed by atoms with Gasteiger partial charge in [0.15, 0.2) is 0 Å². The molecule has 3 rings (SSSR count). The molecular weight excluding hydrogens is 319 g/mol. The summed E-state index contributed by atoms with van der Waals surface area (Å²) in [5, 5.41) is 0. The van der Waals surface area contributed by atoms with Crippen molar-refractivity contribution < 1.29 is 4.79 Å². The fourth-order valence-corrected chi connectivity index (χ4v) is 3.88. The number of benzene rings is 1. The second kappa shape index (κ2) is 7.20. The number of likely N-dealkylation sites (tertiary alicyclic amines) is 1. The van der Waals surface area contributed by atoms with Gasteiger partial charge in [0, 0.05) is 36.5 Å². The first kappa shape index (κ1) is 17.6. The Bertz CT molecular complexity index is 549. The van der Waals surface area contributed by atoms with Crippen LogP contribution in [-0.4, -0.2) is 42.9 Å². The molecule has 5 heteroatoms. The second-order valence-corrected chi connectivity index (χ2v) is 6.72. The van der Waals surface area contributed by atoms with Crippen LogP contribution >= 0.6 is 24.0 Å². The van der Waals surface area contributed by atoms with E-state index in [0.29, 0.717) is 24.3 Å². The van der Waals surface area contributed by atoms with Crippen LogP contribution in [0.15, 0.2) is 18.2 Å². The first-order valence-corrected chi connectivity index (χ1v) is 8.32. The molecule has 1 aromatic carbocycles. The molecule has 22 heavy (non-hydrogen) atoms. The summed E-state index contributed by atoms with van der Waals surface area (Å²) >= 11 is 5.75. The van der Waals surface area contributed by atoms with E-state index in [4.69, 9.17) is 11.6 Å². The zero-order valence-electron chi connectivity index (χ0n) is 13.2. The van der Waals surface area contributed by atoms with Crippen molar-refractivity contribution in [3.05, 3.63) is 29.3 Å². The van der Waals surface area contributed by atoms with E-state index >= 15 is 0 Å². The van der Waals surface area contributed by atoms with E-state index in [1.165, 1.54) is 11.1 Å². The standard InChI is InChI=1S/C17H23ClN2O.ClH/c1-12-5-6-15-13(10-12)14-11-19(2)9-7-16(14)20(15)17(21)4-3-8-18;/h5-6,10,14,16H,3-4,7-9,11H2,1-2H3;1H. The smallest absolute Gasteiger partial charge is 0.227 e. The monoisotopic (exact) mass is 342 g/mol. The average Bonchev–Trinajstić information content (AvgIpc) is 2.78. The van der Waals surface area contributed by atoms with Gasteiger partial charge in [-0.25, -0.2) is 0 Å². The third-order valence-corrected chi connectivity index (χ3v) is 5.01. The van der Waals surface area contributed by atoms with Crippen LogP contribution in [0.5, 0.6) is 0 Å². The number of alkyl halides is 1. The molecule has 1 saturated heterocycles. The van der Waals surface area contributed by atoms with Crippen LogP contribution in [0.2, 0.25) is 0 Å². The first-order valence-electron chi connectivity index (χ1n) is 7.79. The number of carbonyl (C=O) groups excluding carboxylic acids is 1. The summed E-state index contributed by atoms with van der Waals surface area (Å²) in [4.78, 5) is 17.1. The van der Waals surface area contributed by atoms with Crippen molar-refractivity contribution in [3.8, 4) is 0 Å². The molecule has 1 aromatic rings. The number of amides is 1. The number of likely N-dealkylation sites (N-methyl/N-ethyl adjacent to an activating group) is 1. The molecular formula is C17H24Cl2N2O. The molecule has 0 aromatic heterocycles. The van der Waals surface area contributed by atoms with Gasteiger partial charge in [-0.05, 0) is 45.0 Å². The minimum Gasteiger partial charge on any atom is -0.308 e. The van der Waals surface area contributed by atoms with E-state index in [1.54, 1.807) is 0 Å². The fraction of sp³-hybridized carbons (Fsp3) is 0.588. The van der Waals surface area contributed by atoms with Gasteiger partial charge in [-0.3, -0.25) is 4.79 Å². The van der Waals surface area contributed by atoms with Gasteiger partial charge in [0.2, 0.25) is 5.91 Å². The number of halogens is 2. The van der Waals surface area contributed by atoms with Gasteiger partial charge in [-0.1, -0.05) is 17.7 Å². The van der Waals surface area contributed by atoms with E-state index in [9.17, 15) is 4.79 Å². The average molecular weight is 343 g/mol. The summed E-state index contributed by atoms with van der Waals surface area (Å²) in [6, 6.07) is 6.84. The van der Waals surface area contributed by atoms with E-state index in [-0.39, 0.29) is 18.3 Å². The molecule has 2 aliphatic heterocycles. The van der Waals surface area contributed by atoms with Crippen LogP contribution in [0.3, 0.4) is 0 Å². The summed E-state index contributed by atoms with van der Waals surface area (Å²) in [6.45, 7) is 4.23. The van der Waals surface area contributed by atoms with Crippen LogP contribution in [0.1, 0.15) is 36.3 Å². The lowest BCUT2D eigenvalue weighted by atomic mass is 9.89. The molecule has 122 valence electrons. The number of anilines is 1. The van der Waals surface area contributed by atoms with Crippen LogP contribution in [0.25, 0.3) is 0 Å². The number of fused-ring (bicyclic) bond motifs is 3. The van der Waals surface area contributed by atoms with Crippen LogP contribution in [-0.2, 0) is 4.79 Å². The van der Waals surface area contributed by atoms with Crippen molar-refractivity contribution in [2.45, 2.75) is 38.1 Å². The van der Waals surface area contributed by atoms with Crippen molar-refractivity contribution in [1.82, 2.24) is 4.90 Å². The highest BCUT2D eigenvalue weighted by atomic mass is 35.5. The maximum Gasteiger partial charge on any atom is 0.227 e. The number of nitrogens with zero attached hydrogens (tertiary/aromatic N) is 2. The Hall–Kier alpha value is -0.770. The Morgan fingerprint density at radius 3 is 2.91 bits per heavy atom. The molecule has 0 aliphatic carbocycles.